The molecule has 4 N–H and O–H groups in total. The molecule has 0 fully saturated rings. The van der Waals surface area contributed by atoms with Crippen molar-refractivity contribution in [3.63, 3.8) is 0 Å². The highest BCUT2D eigenvalue weighted by molar-refractivity contribution is 8.76. The van der Waals surface area contributed by atoms with Gasteiger partial charge in [0.05, 0.1) is 52.6 Å². The van der Waals surface area contributed by atoms with Gasteiger partial charge in [0.25, 0.3) is 0 Å². The molecule has 0 aliphatic rings. The molecule has 1 aromatic rings. The number of carbonyl (C=O) groups is 2. The van der Waals surface area contributed by atoms with Crippen molar-refractivity contribution in [2.24, 2.45) is 0 Å². The summed E-state index contributed by atoms with van der Waals surface area (Å²) in [5.74, 6) is 5.48. The molecule has 0 heterocycles. The molecule has 12 heteroatoms. The third kappa shape index (κ3) is 21.8. The van der Waals surface area contributed by atoms with Gasteiger partial charge in [-0.25, -0.2) is 4.79 Å². The Morgan fingerprint density at radius 1 is 0.850 bits per heavy atom. The molecule has 0 spiro atoms. The predicted octanol–water partition coefficient (Wildman–Crippen LogP) is 2.82. The van der Waals surface area contributed by atoms with Gasteiger partial charge in [0.2, 0.25) is 5.91 Å². The molecule has 1 atom stereocenters. The largest absolute Gasteiger partial charge is 0.378 e. The topological polar surface area (TPSA) is 119 Å². The zero-order valence-electron chi connectivity index (χ0n) is 24.1. The van der Waals surface area contributed by atoms with Crippen LogP contribution >= 0.6 is 21.6 Å². The number of amides is 3. The zero-order valence-corrected chi connectivity index (χ0v) is 25.7. The zero-order chi connectivity index (χ0) is 29.1. The second-order valence-corrected chi connectivity index (χ2v) is 11.0. The van der Waals surface area contributed by atoms with Crippen LogP contribution < -0.4 is 21.3 Å². The number of nitrogens with one attached hydrogen (secondary N) is 4. The second kappa shape index (κ2) is 26.0. The Balaban J connectivity index is 2.02. The first kappa shape index (κ1) is 36.0. The van der Waals surface area contributed by atoms with Crippen molar-refractivity contribution in [1.29, 1.82) is 0 Å². The molecule has 226 valence electrons. The molecule has 1 unspecified atom stereocenters. The fourth-order valence-corrected chi connectivity index (χ4v) is 4.88. The molecule has 1 aromatic carbocycles. The summed E-state index contributed by atoms with van der Waals surface area (Å²) in [6.07, 6.45) is 2.05. The Morgan fingerprint density at radius 3 is 2.20 bits per heavy atom. The molecule has 0 saturated heterocycles. The Bertz CT molecular complexity index is 851. The number of carbonyl (C=O) groups excluding carboxylic acids is 2. The van der Waals surface area contributed by atoms with Crippen molar-refractivity contribution in [2.45, 2.75) is 43.4 Å². The normalized spacial score (nSPS) is 11.4. The SMILES string of the molecule is CC#CCNC(=O)NCCCCOC(C)SSc1ccc(CC(=O)NCCOCCOCCOCCNC)cc1. The Hall–Kier alpha value is -1.98. The van der Waals surface area contributed by atoms with Crippen molar-refractivity contribution < 1.29 is 28.5 Å². The van der Waals surface area contributed by atoms with Gasteiger partial charge in [-0.1, -0.05) is 39.6 Å². The van der Waals surface area contributed by atoms with Crippen molar-refractivity contribution in [2.75, 3.05) is 79.5 Å². The number of hydrogen-bond donors (Lipinski definition) is 4. The third-order valence-corrected chi connectivity index (χ3v) is 7.75. The summed E-state index contributed by atoms with van der Waals surface area (Å²) in [6, 6.07) is 7.79. The molecule has 0 aromatic heterocycles. The second-order valence-electron chi connectivity index (χ2n) is 8.47. The molecular weight excluding hydrogens is 552 g/mol. The summed E-state index contributed by atoms with van der Waals surface area (Å²) in [5, 5.41) is 11.4. The molecule has 0 bridgehead atoms. The van der Waals surface area contributed by atoms with Crippen LogP contribution in [0.3, 0.4) is 0 Å². The average Bonchev–Trinajstić information content (AvgIpc) is 2.95. The fraction of sp³-hybridized carbons (Fsp3) is 0.643. The van der Waals surface area contributed by atoms with Gasteiger partial charge >= 0.3 is 6.03 Å². The van der Waals surface area contributed by atoms with E-state index in [2.05, 4.69) is 33.1 Å². The van der Waals surface area contributed by atoms with E-state index in [1.165, 1.54) is 0 Å². The van der Waals surface area contributed by atoms with Crippen LogP contribution in [0.25, 0.3) is 0 Å². The fourth-order valence-electron chi connectivity index (χ4n) is 2.99. The lowest BCUT2D eigenvalue weighted by atomic mass is 10.1. The molecular formula is C28H46N4O6S2. The summed E-state index contributed by atoms with van der Waals surface area (Å²) in [7, 11) is 5.18. The Kier molecular flexibility index (Phi) is 23.4. The minimum atomic E-state index is -0.198. The van der Waals surface area contributed by atoms with Crippen LogP contribution in [0.2, 0.25) is 0 Å². The van der Waals surface area contributed by atoms with E-state index in [1.807, 2.05) is 38.2 Å². The summed E-state index contributed by atoms with van der Waals surface area (Å²) >= 11 is 0. The van der Waals surface area contributed by atoms with E-state index >= 15 is 0 Å². The van der Waals surface area contributed by atoms with Crippen molar-refractivity contribution in [3.05, 3.63) is 29.8 Å². The first-order valence-electron chi connectivity index (χ1n) is 13.6. The number of ether oxygens (including phenoxy) is 4. The smallest absolute Gasteiger partial charge is 0.315 e. The van der Waals surface area contributed by atoms with E-state index in [-0.39, 0.29) is 17.4 Å². The third-order valence-electron chi connectivity index (χ3n) is 5.10. The lowest BCUT2D eigenvalue weighted by Crippen LogP contribution is -2.36. The van der Waals surface area contributed by atoms with Gasteiger partial charge in [0, 0.05) is 31.1 Å². The highest BCUT2D eigenvalue weighted by atomic mass is 33.1. The van der Waals surface area contributed by atoms with E-state index in [9.17, 15) is 9.59 Å². The maximum atomic E-state index is 12.2. The quantitative estimate of drug-likeness (QED) is 0.0617. The number of benzene rings is 1. The molecule has 10 nitrogen and oxygen atoms in total. The number of hydrogen-bond acceptors (Lipinski definition) is 9. The van der Waals surface area contributed by atoms with Gasteiger partial charge in [-0.3, -0.25) is 4.79 Å². The first-order chi connectivity index (χ1) is 19.5. The average molecular weight is 599 g/mol. The minimum absolute atomic E-state index is 0.0306. The van der Waals surface area contributed by atoms with Crippen molar-refractivity contribution in [1.82, 2.24) is 21.3 Å². The van der Waals surface area contributed by atoms with Gasteiger partial charge in [0.15, 0.2) is 0 Å². The molecule has 0 radical (unpaired) electrons. The first-order valence-corrected chi connectivity index (χ1v) is 15.9. The Labute approximate surface area is 247 Å². The lowest BCUT2D eigenvalue weighted by Gasteiger charge is -2.12. The number of rotatable bonds is 24. The lowest BCUT2D eigenvalue weighted by molar-refractivity contribution is -0.120. The molecule has 0 aliphatic carbocycles. The highest BCUT2D eigenvalue weighted by Crippen LogP contribution is 2.34. The predicted molar refractivity (Wildman–Crippen MR) is 162 cm³/mol. The minimum Gasteiger partial charge on any atom is -0.378 e. The van der Waals surface area contributed by atoms with Crippen LogP contribution in [-0.4, -0.2) is 96.8 Å². The Morgan fingerprint density at radius 2 is 1.52 bits per heavy atom. The maximum absolute atomic E-state index is 12.2. The van der Waals surface area contributed by atoms with Crippen LogP contribution in [0.4, 0.5) is 4.79 Å². The van der Waals surface area contributed by atoms with E-state index < -0.39 is 0 Å². The van der Waals surface area contributed by atoms with Gasteiger partial charge in [0.1, 0.15) is 5.44 Å². The summed E-state index contributed by atoms with van der Waals surface area (Å²) in [5.41, 5.74) is 0.999. The summed E-state index contributed by atoms with van der Waals surface area (Å²) in [4.78, 5) is 24.8. The maximum Gasteiger partial charge on any atom is 0.315 e. The van der Waals surface area contributed by atoms with Gasteiger partial charge in [-0.2, -0.15) is 0 Å². The monoisotopic (exact) mass is 598 g/mol. The van der Waals surface area contributed by atoms with E-state index in [1.54, 1.807) is 28.5 Å². The van der Waals surface area contributed by atoms with Crippen LogP contribution in [0.5, 0.6) is 0 Å². The summed E-state index contributed by atoms with van der Waals surface area (Å²) < 4.78 is 22.1. The molecule has 0 saturated carbocycles. The summed E-state index contributed by atoms with van der Waals surface area (Å²) in [6.45, 7) is 9.89. The molecule has 1 rings (SSSR count). The molecule has 40 heavy (non-hydrogen) atoms. The van der Waals surface area contributed by atoms with Crippen molar-refractivity contribution >= 4 is 33.5 Å². The number of urea groups is 1. The number of unbranched alkanes of at least 4 members (excludes halogenated alkanes) is 1. The van der Waals surface area contributed by atoms with E-state index in [4.69, 9.17) is 18.9 Å². The van der Waals surface area contributed by atoms with Gasteiger partial charge in [-0.05, 0) is 51.4 Å². The van der Waals surface area contributed by atoms with Crippen LogP contribution in [0, 0.1) is 11.8 Å². The van der Waals surface area contributed by atoms with Crippen molar-refractivity contribution in [3.8, 4) is 11.8 Å². The van der Waals surface area contributed by atoms with E-state index in [0.717, 1.165) is 29.8 Å². The standard InChI is InChI=1S/C28H46N4O6S2/c1-4-5-12-31-28(34)32-13-6-7-16-38-24(2)39-40-26-10-8-25(9-11-26)23-27(33)30-15-18-36-20-22-37-21-19-35-17-14-29-3/h8-11,24,29H,6-7,12-23H2,1-3H3,(H,30,33)(H2,31,32,34). The molecule has 3 amide bonds. The van der Waals surface area contributed by atoms with Gasteiger partial charge in [-0.15, -0.1) is 5.92 Å². The van der Waals surface area contributed by atoms with E-state index in [0.29, 0.717) is 72.3 Å². The van der Waals surface area contributed by atoms with Gasteiger partial charge < -0.3 is 40.2 Å². The van der Waals surface area contributed by atoms with Crippen LogP contribution in [0.15, 0.2) is 29.2 Å². The van der Waals surface area contributed by atoms with Crippen LogP contribution in [-0.2, 0) is 30.2 Å². The highest BCUT2D eigenvalue weighted by Gasteiger charge is 2.07. The van der Waals surface area contributed by atoms with Crippen LogP contribution in [0.1, 0.15) is 32.3 Å². The molecule has 0 aliphatic heterocycles. The number of likely N-dealkylation sites (N-methyl/N-ethyl adjacent to an activating group) is 1.